The fourth-order valence-electron chi connectivity index (χ4n) is 5.63. The van der Waals surface area contributed by atoms with Crippen LogP contribution in [0.4, 0.5) is 20.4 Å². The standard InChI is InChI=1S/C29H34F2N6O2/c1-6-19-15-36(28-27-24(35(5)29(38)34-28)10-11-25(32-4)33-27)17(3)14-37(19)23(7-2)26-21(30)12-20(13-22(26)31)39-16-18-8-9-18/h10-13,17-19,23H,6-9,14-16H2,1-3,5H3/t17-,19+,23?/m0/s1. The minimum absolute atomic E-state index is 0.0549. The van der Waals surface area contributed by atoms with Gasteiger partial charge in [-0.25, -0.2) is 13.6 Å². The van der Waals surface area contributed by atoms with Gasteiger partial charge in [0.05, 0.1) is 12.1 Å². The van der Waals surface area contributed by atoms with Crippen molar-refractivity contribution in [2.75, 3.05) is 24.6 Å². The Balaban J connectivity index is 1.47. The number of ether oxygens (including phenoxy) is 1. The number of pyridine rings is 1. The highest BCUT2D eigenvalue weighted by Crippen LogP contribution is 2.38. The number of halogens is 2. The van der Waals surface area contributed by atoms with Crippen molar-refractivity contribution in [3.8, 4) is 5.75 Å². The van der Waals surface area contributed by atoms with Gasteiger partial charge in [-0.2, -0.15) is 4.98 Å². The van der Waals surface area contributed by atoms with Crippen molar-refractivity contribution < 1.29 is 13.5 Å². The molecule has 1 aromatic carbocycles. The molecule has 0 radical (unpaired) electrons. The van der Waals surface area contributed by atoms with Crippen molar-refractivity contribution in [2.24, 2.45) is 13.0 Å². The molecule has 0 N–H and O–H groups in total. The van der Waals surface area contributed by atoms with E-state index in [0.29, 0.717) is 48.9 Å². The summed E-state index contributed by atoms with van der Waals surface area (Å²) in [6, 6.07) is 5.28. The maximum Gasteiger partial charge on any atom is 0.350 e. The van der Waals surface area contributed by atoms with E-state index in [-0.39, 0.29) is 29.2 Å². The molecule has 0 bridgehead atoms. The quantitative estimate of drug-likeness (QED) is 0.360. The lowest BCUT2D eigenvalue weighted by Crippen LogP contribution is -2.58. The van der Waals surface area contributed by atoms with E-state index in [1.54, 1.807) is 19.2 Å². The molecule has 2 aliphatic rings. The third-order valence-electron chi connectivity index (χ3n) is 8.02. The molecule has 206 valence electrons. The van der Waals surface area contributed by atoms with E-state index in [0.717, 1.165) is 19.3 Å². The number of hydrogen-bond acceptors (Lipinski definition) is 6. The van der Waals surface area contributed by atoms with Gasteiger partial charge in [-0.3, -0.25) is 9.47 Å². The maximum atomic E-state index is 15.4. The number of anilines is 1. The number of nitrogens with zero attached hydrogens (tertiary/aromatic N) is 6. The van der Waals surface area contributed by atoms with Crippen LogP contribution in [0, 0.1) is 24.1 Å². The molecule has 1 aliphatic carbocycles. The highest BCUT2D eigenvalue weighted by Gasteiger charge is 2.38. The Morgan fingerprint density at radius 2 is 1.87 bits per heavy atom. The van der Waals surface area contributed by atoms with Crippen LogP contribution in [0.25, 0.3) is 15.9 Å². The minimum atomic E-state index is -0.590. The number of piperazine rings is 1. The van der Waals surface area contributed by atoms with E-state index < -0.39 is 23.4 Å². The molecule has 1 aliphatic heterocycles. The molecular formula is C29H34F2N6O2. The predicted octanol–water partition coefficient (Wildman–Crippen LogP) is 5.39. The van der Waals surface area contributed by atoms with Gasteiger partial charge in [0, 0.05) is 56.0 Å². The molecule has 8 nitrogen and oxygen atoms in total. The summed E-state index contributed by atoms with van der Waals surface area (Å²) in [7, 11) is 1.63. The highest BCUT2D eigenvalue weighted by atomic mass is 19.1. The molecule has 3 aromatic rings. The molecule has 2 fully saturated rings. The summed E-state index contributed by atoms with van der Waals surface area (Å²) < 4.78 is 37.9. The van der Waals surface area contributed by atoms with Crippen LogP contribution >= 0.6 is 0 Å². The van der Waals surface area contributed by atoms with Crippen molar-refractivity contribution in [3.63, 3.8) is 0 Å². The van der Waals surface area contributed by atoms with Crippen molar-refractivity contribution in [1.29, 1.82) is 0 Å². The fourth-order valence-corrected chi connectivity index (χ4v) is 5.63. The summed E-state index contributed by atoms with van der Waals surface area (Å²) in [5, 5.41) is 0. The monoisotopic (exact) mass is 536 g/mol. The average molecular weight is 537 g/mol. The Hall–Kier alpha value is -3.58. The van der Waals surface area contributed by atoms with Crippen molar-refractivity contribution >= 4 is 22.7 Å². The number of rotatable bonds is 8. The third kappa shape index (κ3) is 5.20. The second-order valence-corrected chi connectivity index (χ2v) is 10.7. The molecule has 10 heteroatoms. The molecule has 39 heavy (non-hydrogen) atoms. The Morgan fingerprint density at radius 1 is 1.15 bits per heavy atom. The first-order chi connectivity index (χ1) is 18.7. The zero-order valence-corrected chi connectivity index (χ0v) is 22.8. The molecule has 1 saturated carbocycles. The number of aryl methyl sites for hydroxylation is 1. The minimum Gasteiger partial charge on any atom is -0.493 e. The van der Waals surface area contributed by atoms with E-state index in [1.807, 2.05) is 25.7 Å². The lowest BCUT2D eigenvalue weighted by molar-refractivity contribution is 0.0897. The Kier molecular flexibility index (Phi) is 7.54. The van der Waals surface area contributed by atoms with E-state index in [4.69, 9.17) is 11.3 Å². The molecule has 1 unspecified atom stereocenters. The zero-order valence-electron chi connectivity index (χ0n) is 22.8. The number of hydrogen-bond donors (Lipinski definition) is 0. The van der Waals surface area contributed by atoms with Crippen LogP contribution in [0.1, 0.15) is 58.1 Å². The number of aromatic nitrogens is 3. The molecule has 5 rings (SSSR count). The molecule has 2 aromatic heterocycles. The van der Waals surface area contributed by atoms with E-state index in [1.165, 1.54) is 16.7 Å². The number of fused-ring (bicyclic) bond motifs is 1. The van der Waals surface area contributed by atoms with Gasteiger partial charge in [0.15, 0.2) is 5.82 Å². The van der Waals surface area contributed by atoms with E-state index in [9.17, 15) is 4.79 Å². The topological polar surface area (TPSA) is 67.9 Å². The van der Waals surface area contributed by atoms with Gasteiger partial charge in [-0.05, 0) is 50.7 Å². The fraction of sp³-hybridized carbons (Fsp3) is 0.517. The smallest absolute Gasteiger partial charge is 0.350 e. The van der Waals surface area contributed by atoms with Crippen molar-refractivity contribution in [2.45, 2.75) is 64.6 Å². The summed E-state index contributed by atoms with van der Waals surface area (Å²) in [6.07, 6.45) is 3.46. The summed E-state index contributed by atoms with van der Waals surface area (Å²) >= 11 is 0. The first-order valence-corrected chi connectivity index (χ1v) is 13.6. The molecule has 0 spiro atoms. The van der Waals surface area contributed by atoms with E-state index in [2.05, 4.69) is 19.7 Å². The van der Waals surface area contributed by atoms with Gasteiger partial charge in [0.2, 0.25) is 5.52 Å². The Labute approximate surface area is 227 Å². The van der Waals surface area contributed by atoms with Gasteiger partial charge in [-0.1, -0.05) is 20.4 Å². The lowest BCUT2D eigenvalue weighted by Gasteiger charge is -2.48. The average Bonchev–Trinajstić information content (AvgIpc) is 3.76. The zero-order chi connectivity index (χ0) is 27.8. The predicted molar refractivity (Wildman–Crippen MR) is 146 cm³/mol. The van der Waals surface area contributed by atoms with Crippen LogP contribution in [-0.4, -0.2) is 51.2 Å². The van der Waals surface area contributed by atoms with Crippen LogP contribution in [-0.2, 0) is 7.05 Å². The van der Waals surface area contributed by atoms with Gasteiger partial charge in [0.25, 0.3) is 5.82 Å². The largest absolute Gasteiger partial charge is 0.493 e. The lowest BCUT2D eigenvalue weighted by atomic mass is 9.95. The van der Waals surface area contributed by atoms with Crippen molar-refractivity contribution in [3.05, 3.63) is 63.4 Å². The molecule has 0 amide bonds. The summed E-state index contributed by atoms with van der Waals surface area (Å²) in [5.74, 6) is 0.202. The third-order valence-corrected chi connectivity index (χ3v) is 8.02. The normalized spacial score (nSPS) is 20.7. The molecule has 1 saturated heterocycles. The second kappa shape index (κ2) is 10.9. The van der Waals surface area contributed by atoms with Gasteiger partial charge >= 0.3 is 5.69 Å². The summed E-state index contributed by atoms with van der Waals surface area (Å²) in [6.45, 7) is 14.9. The van der Waals surface area contributed by atoms with E-state index >= 15 is 8.78 Å². The molecule has 3 atom stereocenters. The van der Waals surface area contributed by atoms with Gasteiger partial charge < -0.3 is 14.5 Å². The van der Waals surface area contributed by atoms with Crippen LogP contribution in [0.5, 0.6) is 5.75 Å². The maximum absolute atomic E-state index is 15.4. The SMILES string of the molecule is [C-]#[N+]c1ccc2c(n1)c(N1C[C@@H](CC)N(C(CC)c3c(F)cc(OCC4CC4)cc3F)C[C@@H]1C)nc(=O)n2C. The molecule has 3 heterocycles. The summed E-state index contributed by atoms with van der Waals surface area (Å²) in [5.41, 5.74) is 0.749. The van der Waals surface area contributed by atoms with Crippen LogP contribution < -0.4 is 15.3 Å². The highest BCUT2D eigenvalue weighted by molar-refractivity contribution is 5.87. The Bertz CT molecular complexity index is 1460. The van der Waals surface area contributed by atoms with Crippen molar-refractivity contribution in [1.82, 2.24) is 19.4 Å². The van der Waals surface area contributed by atoms with Gasteiger partial charge in [0.1, 0.15) is 17.4 Å². The van der Waals surface area contributed by atoms with Gasteiger partial charge in [-0.15, -0.1) is 4.98 Å². The molecular weight excluding hydrogens is 502 g/mol. The first-order valence-electron chi connectivity index (χ1n) is 13.6. The first kappa shape index (κ1) is 27.0. The van der Waals surface area contributed by atoms with Crippen LogP contribution in [0.2, 0.25) is 0 Å². The second-order valence-electron chi connectivity index (χ2n) is 10.7. The van der Waals surface area contributed by atoms with Crippen LogP contribution in [0.15, 0.2) is 29.1 Å². The number of benzene rings is 1. The van der Waals surface area contributed by atoms with Crippen LogP contribution in [0.3, 0.4) is 0 Å². The Morgan fingerprint density at radius 3 is 2.49 bits per heavy atom. The summed E-state index contributed by atoms with van der Waals surface area (Å²) in [4.78, 5) is 29.3.